The third kappa shape index (κ3) is 0.966. The second-order valence-electron chi connectivity index (χ2n) is 3.59. The number of hydrogen-bond acceptors (Lipinski definition) is 1. The van der Waals surface area contributed by atoms with Crippen molar-refractivity contribution in [3.63, 3.8) is 0 Å². The van der Waals surface area contributed by atoms with Crippen molar-refractivity contribution in [3.8, 4) is 0 Å². The van der Waals surface area contributed by atoms with Crippen LogP contribution >= 0.6 is 0 Å². The second kappa shape index (κ2) is 2.56. The van der Waals surface area contributed by atoms with Crippen molar-refractivity contribution in [3.05, 3.63) is 34.9 Å². The van der Waals surface area contributed by atoms with Crippen LogP contribution in [-0.2, 0) is 12.8 Å². The molecule has 0 N–H and O–H groups in total. The molecule has 0 atom stereocenters. The molecule has 1 aromatic carbocycles. The molecule has 1 aliphatic heterocycles. The van der Waals surface area contributed by atoms with Crippen LogP contribution in [0.25, 0.3) is 6.08 Å². The summed E-state index contributed by atoms with van der Waals surface area (Å²) in [6.07, 6.45) is 9.86. The molecule has 0 unspecified atom stereocenters. The lowest BCUT2D eigenvalue weighted by Crippen LogP contribution is -1.99. The predicted octanol–water partition coefficient (Wildman–Crippen LogP) is 2.90. The van der Waals surface area contributed by atoms with Gasteiger partial charge in [0.05, 0.1) is 5.69 Å². The van der Waals surface area contributed by atoms with Crippen molar-refractivity contribution < 1.29 is 0 Å². The van der Waals surface area contributed by atoms with Crippen LogP contribution in [0.2, 0.25) is 0 Å². The molecular formula is C12H11N. The predicted molar refractivity (Wildman–Crippen MR) is 55.7 cm³/mol. The summed E-state index contributed by atoms with van der Waals surface area (Å²) in [6.45, 7) is 0. The fourth-order valence-corrected chi connectivity index (χ4v) is 2.17. The molecule has 0 saturated heterocycles. The van der Waals surface area contributed by atoms with Gasteiger partial charge >= 0.3 is 0 Å². The molecule has 64 valence electrons. The van der Waals surface area contributed by atoms with E-state index >= 15 is 0 Å². The van der Waals surface area contributed by atoms with Gasteiger partial charge in [-0.25, -0.2) is 0 Å². The number of aliphatic imine (C=N–C) groups is 1. The summed E-state index contributed by atoms with van der Waals surface area (Å²) in [4.78, 5) is 4.42. The van der Waals surface area contributed by atoms with Gasteiger partial charge in [-0.3, -0.25) is 4.99 Å². The first kappa shape index (κ1) is 7.07. The third-order valence-corrected chi connectivity index (χ3v) is 2.82. The normalized spacial score (nSPS) is 17.2. The van der Waals surface area contributed by atoms with Crippen LogP contribution < -0.4 is 0 Å². The Morgan fingerprint density at radius 3 is 3.15 bits per heavy atom. The van der Waals surface area contributed by atoms with Gasteiger partial charge in [0.1, 0.15) is 0 Å². The van der Waals surface area contributed by atoms with E-state index in [9.17, 15) is 0 Å². The van der Waals surface area contributed by atoms with Crippen molar-refractivity contribution in [1.82, 2.24) is 0 Å². The number of benzene rings is 1. The molecule has 0 amide bonds. The zero-order valence-corrected chi connectivity index (χ0v) is 7.46. The van der Waals surface area contributed by atoms with Gasteiger partial charge in [0, 0.05) is 6.21 Å². The summed E-state index contributed by atoms with van der Waals surface area (Å²) in [5.41, 5.74) is 5.57. The molecule has 0 aromatic heterocycles. The fraction of sp³-hybridized carbons (Fsp3) is 0.250. The molecule has 2 aliphatic rings. The van der Waals surface area contributed by atoms with E-state index in [1.54, 1.807) is 0 Å². The first-order valence-corrected chi connectivity index (χ1v) is 4.79. The van der Waals surface area contributed by atoms with E-state index in [0.717, 1.165) is 12.8 Å². The van der Waals surface area contributed by atoms with Crippen LogP contribution in [0.3, 0.4) is 0 Å². The SMILES string of the molecule is C1=Cc2ccc3c(c2C1)CCC=N3. The molecule has 0 spiro atoms. The first-order chi connectivity index (χ1) is 6.45. The molecule has 0 saturated carbocycles. The number of rotatable bonds is 0. The maximum atomic E-state index is 4.42. The lowest BCUT2D eigenvalue weighted by molar-refractivity contribution is 0.998. The Balaban J connectivity index is 2.26. The lowest BCUT2D eigenvalue weighted by Gasteiger charge is -2.13. The van der Waals surface area contributed by atoms with E-state index in [4.69, 9.17) is 0 Å². The molecule has 0 radical (unpaired) electrons. The van der Waals surface area contributed by atoms with E-state index in [2.05, 4.69) is 29.3 Å². The minimum atomic E-state index is 1.10. The highest BCUT2D eigenvalue weighted by Crippen LogP contribution is 2.33. The summed E-state index contributed by atoms with van der Waals surface area (Å²) < 4.78 is 0. The van der Waals surface area contributed by atoms with Crippen molar-refractivity contribution >= 4 is 18.0 Å². The highest BCUT2D eigenvalue weighted by atomic mass is 14.7. The van der Waals surface area contributed by atoms with Crippen LogP contribution in [0.4, 0.5) is 5.69 Å². The summed E-state index contributed by atoms with van der Waals surface area (Å²) in [5, 5.41) is 0. The van der Waals surface area contributed by atoms with Gasteiger partial charge in [-0.1, -0.05) is 18.2 Å². The zero-order valence-electron chi connectivity index (χ0n) is 7.46. The van der Waals surface area contributed by atoms with Gasteiger partial charge in [-0.05, 0) is 42.0 Å². The van der Waals surface area contributed by atoms with Crippen LogP contribution in [-0.4, -0.2) is 6.21 Å². The van der Waals surface area contributed by atoms with Crippen molar-refractivity contribution in [1.29, 1.82) is 0 Å². The van der Waals surface area contributed by atoms with Crippen LogP contribution in [0.1, 0.15) is 23.1 Å². The zero-order chi connectivity index (χ0) is 8.67. The maximum absolute atomic E-state index is 4.42. The van der Waals surface area contributed by atoms with E-state index < -0.39 is 0 Å². The van der Waals surface area contributed by atoms with E-state index in [1.807, 2.05) is 6.21 Å². The molecule has 1 heterocycles. The largest absolute Gasteiger partial charge is 0.261 e. The molecule has 0 bridgehead atoms. The van der Waals surface area contributed by atoms with Crippen LogP contribution in [0, 0.1) is 0 Å². The standard InChI is InChI=1S/C12H11N/c1-3-9-6-7-12-11(10(9)4-1)5-2-8-13-12/h1,3,6-8H,2,4-5H2. The lowest BCUT2D eigenvalue weighted by atomic mass is 9.96. The Hall–Kier alpha value is -1.37. The van der Waals surface area contributed by atoms with Gasteiger partial charge in [0.15, 0.2) is 0 Å². The van der Waals surface area contributed by atoms with E-state index in [0.29, 0.717) is 0 Å². The number of allylic oxidation sites excluding steroid dienone is 1. The average molecular weight is 169 g/mol. The highest BCUT2D eigenvalue weighted by molar-refractivity contribution is 5.74. The Morgan fingerprint density at radius 1 is 1.15 bits per heavy atom. The highest BCUT2D eigenvalue weighted by Gasteiger charge is 2.14. The second-order valence-corrected chi connectivity index (χ2v) is 3.59. The number of nitrogens with zero attached hydrogens (tertiary/aromatic N) is 1. The molecule has 1 aliphatic carbocycles. The van der Waals surface area contributed by atoms with E-state index in [-0.39, 0.29) is 0 Å². The molecule has 3 rings (SSSR count). The summed E-state index contributed by atoms with van der Waals surface area (Å²) >= 11 is 0. The van der Waals surface area contributed by atoms with Crippen molar-refractivity contribution in [2.24, 2.45) is 4.99 Å². The molecule has 13 heavy (non-hydrogen) atoms. The molecule has 1 heteroatoms. The van der Waals surface area contributed by atoms with Crippen molar-refractivity contribution in [2.75, 3.05) is 0 Å². The van der Waals surface area contributed by atoms with Gasteiger partial charge in [-0.2, -0.15) is 0 Å². The maximum Gasteiger partial charge on any atom is 0.0661 e. The Labute approximate surface area is 77.8 Å². The quantitative estimate of drug-likeness (QED) is 0.566. The van der Waals surface area contributed by atoms with Gasteiger partial charge in [0.2, 0.25) is 0 Å². The number of fused-ring (bicyclic) bond motifs is 3. The Bertz CT molecular complexity index is 413. The van der Waals surface area contributed by atoms with Gasteiger partial charge in [0.25, 0.3) is 0 Å². The molecular weight excluding hydrogens is 158 g/mol. The number of hydrogen-bond donors (Lipinski definition) is 0. The van der Waals surface area contributed by atoms with Crippen LogP contribution in [0.15, 0.2) is 23.2 Å². The Kier molecular flexibility index (Phi) is 1.39. The van der Waals surface area contributed by atoms with E-state index in [1.165, 1.54) is 28.8 Å². The topological polar surface area (TPSA) is 12.4 Å². The average Bonchev–Trinajstić information content (AvgIpc) is 2.65. The monoisotopic (exact) mass is 169 g/mol. The Morgan fingerprint density at radius 2 is 2.15 bits per heavy atom. The first-order valence-electron chi connectivity index (χ1n) is 4.79. The minimum absolute atomic E-state index is 1.10. The molecule has 1 aromatic rings. The minimum Gasteiger partial charge on any atom is -0.261 e. The van der Waals surface area contributed by atoms with Gasteiger partial charge < -0.3 is 0 Å². The summed E-state index contributed by atoms with van der Waals surface area (Å²) in [6, 6.07) is 4.32. The van der Waals surface area contributed by atoms with Gasteiger partial charge in [-0.15, -0.1) is 0 Å². The summed E-state index contributed by atoms with van der Waals surface area (Å²) in [5.74, 6) is 0. The smallest absolute Gasteiger partial charge is 0.0661 e. The molecule has 1 nitrogen and oxygen atoms in total. The fourth-order valence-electron chi connectivity index (χ4n) is 2.17. The van der Waals surface area contributed by atoms with Crippen molar-refractivity contribution in [2.45, 2.75) is 19.3 Å². The summed E-state index contributed by atoms with van der Waals surface area (Å²) in [7, 11) is 0. The van der Waals surface area contributed by atoms with Crippen LogP contribution in [0.5, 0.6) is 0 Å². The third-order valence-electron chi connectivity index (χ3n) is 2.82. The molecule has 0 fully saturated rings.